The molecule has 1 aromatic carbocycles. The highest BCUT2D eigenvalue weighted by molar-refractivity contribution is 5.43. The second-order valence-electron chi connectivity index (χ2n) is 5.38. The van der Waals surface area contributed by atoms with Gasteiger partial charge < -0.3 is 14.8 Å². The van der Waals surface area contributed by atoms with Crippen LogP contribution in [0.25, 0.3) is 0 Å². The first-order valence-electron chi connectivity index (χ1n) is 6.77. The molecule has 0 bridgehead atoms. The van der Waals surface area contributed by atoms with Gasteiger partial charge in [0, 0.05) is 11.6 Å². The number of ether oxygens (including phenoxy) is 2. The first-order valence-corrected chi connectivity index (χ1v) is 6.77. The molecular formula is C15H21NO2. The summed E-state index contributed by atoms with van der Waals surface area (Å²) in [5.74, 6) is 2.56. The highest BCUT2D eigenvalue weighted by atomic mass is 16.5. The Labute approximate surface area is 108 Å². The maximum absolute atomic E-state index is 5.39. The molecular weight excluding hydrogens is 226 g/mol. The van der Waals surface area contributed by atoms with Crippen LogP contribution in [-0.4, -0.2) is 20.8 Å². The highest BCUT2D eigenvalue weighted by Crippen LogP contribution is 2.51. The van der Waals surface area contributed by atoms with Crippen molar-refractivity contribution in [3.63, 3.8) is 0 Å². The minimum atomic E-state index is 0.168. The summed E-state index contributed by atoms with van der Waals surface area (Å²) >= 11 is 0. The van der Waals surface area contributed by atoms with Crippen molar-refractivity contribution in [2.75, 3.05) is 20.8 Å². The van der Waals surface area contributed by atoms with E-state index in [1.165, 1.54) is 31.2 Å². The molecule has 0 amide bonds. The van der Waals surface area contributed by atoms with Gasteiger partial charge in [-0.15, -0.1) is 0 Å². The standard InChI is InChI=1S/C15H21NO2/c1-17-13-8-12(9-14(10-13)18-2)15(11-4-5-11)6-3-7-16-15/h8-11,16H,3-7H2,1-2H3. The van der Waals surface area contributed by atoms with Crippen molar-refractivity contribution < 1.29 is 9.47 Å². The predicted molar refractivity (Wildman–Crippen MR) is 71.2 cm³/mol. The molecule has 1 aliphatic carbocycles. The predicted octanol–water partition coefficient (Wildman–Crippen LogP) is 2.69. The molecule has 1 aromatic rings. The minimum Gasteiger partial charge on any atom is -0.497 e. The molecule has 2 aliphatic rings. The van der Waals surface area contributed by atoms with Crippen molar-refractivity contribution in [3.8, 4) is 11.5 Å². The Balaban J connectivity index is 2.03. The van der Waals surface area contributed by atoms with Gasteiger partial charge in [0.15, 0.2) is 0 Å². The first kappa shape index (κ1) is 11.8. The van der Waals surface area contributed by atoms with Crippen LogP contribution < -0.4 is 14.8 Å². The van der Waals surface area contributed by atoms with Gasteiger partial charge in [-0.25, -0.2) is 0 Å². The van der Waals surface area contributed by atoms with Crippen molar-refractivity contribution in [1.82, 2.24) is 5.32 Å². The van der Waals surface area contributed by atoms with Crippen LogP contribution in [0.5, 0.6) is 11.5 Å². The lowest BCUT2D eigenvalue weighted by Crippen LogP contribution is -2.39. The van der Waals surface area contributed by atoms with E-state index < -0.39 is 0 Å². The lowest BCUT2D eigenvalue weighted by Gasteiger charge is -2.31. The third-order valence-corrected chi connectivity index (χ3v) is 4.33. The molecule has 3 rings (SSSR count). The summed E-state index contributed by atoms with van der Waals surface area (Å²) in [4.78, 5) is 0. The van der Waals surface area contributed by atoms with Crippen LogP contribution >= 0.6 is 0 Å². The molecule has 1 saturated heterocycles. The van der Waals surface area contributed by atoms with Gasteiger partial charge in [-0.05, 0) is 55.8 Å². The van der Waals surface area contributed by atoms with Crippen molar-refractivity contribution >= 4 is 0 Å². The van der Waals surface area contributed by atoms with E-state index in [4.69, 9.17) is 9.47 Å². The fourth-order valence-electron chi connectivity index (χ4n) is 3.24. The summed E-state index contributed by atoms with van der Waals surface area (Å²) in [6.07, 6.45) is 5.17. The van der Waals surface area contributed by atoms with Crippen molar-refractivity contribution in [1.29, 1.82) is 0 Å². The largest absolute Gasteiger partial charge is 0.497 e. The third-order valence-electron chi connectivity index (χ3n) is 4.33. The van der Waals surface area contributed by atoms with Gasteiger partial charge in [0.1, 0.15) is 11.5 Å². The Morgan fingerprint density at radius 2 is 1.78 bits per heavy atom. The van der Waals surface area contributed by atoms with E-state index in [9.17, 15) is 0 Å². The summed E-state index contributed by atoms with van der Waals surface area (Å²) < 4.78 is 10.8. The molecule has 2 fully saturated rings. The molecule has 0 radical (unpaired) electrons. The van der Waals surface area contributed by atoms with Crippen molar-refractivity contribution in [3.05, 3.63) is 23.8 Å². The Bertz CT molecular complexity index is 412. The molecule has 0 aromatic heterocycles. The number of hydrogen-bond acceptors (Lipinski definition) is 3. The van der Waals surface area contributed by atoms with Crippen LogP contribution in [0.4, 0.5) is 0 Å². The number of nitrogens with one attached hydrogen (secondary N) is 1. The molecule has 1 heterocycles. The summed E-state index contributed by atoms with van der Waals surface area (Å²) in [6.45, 7) is 1.12. The van der Waals surface area contributed by atoms with Crippen molar-refractivity contribution in [2.24, 2.45) is 5.92 Å². The lowest BCUT2D eigenvalue weighted by molar-refractivity contribution is 0.329. The second-order valence-corrected chi connectivity index (χ2v) is 5.38. The Morgan fingerprint density at radius 3 is 2.22 bits per heavy atom. The maximum atomic E-state index is 5.39. The van der Waals surface area contributed by atoms with Gasteiger partial charge >= 0.3 is 0 Å². The molecule has 3 heteroatoms. The smallest absolute Gasteiger partial charge is 0.122 e. The molecule has 3 nitrogen and oxygen atoms in total. The van der Waals surface area contributed by atoms with Crippen LogP contribution in [0.1, 0.15) is 31.2 Å². The zero-order chi connectivity index (χ0) is 12.6. The van der Waals surface area contributed by atoms with E-state index in [1.54, 1.807) is 14.2 Å². The Kier molecular flexibility index (Phi) is 2.94. The van der Waals surface area contributed by atoms with E-state index in [1.807, 2.05) is 6.07 Å². The number of methoxy groups -OCH3 is 2. The summed E-state index contributed by atoms with van der Waals surface area (Å²) in [7, 11) is 3.43. The zero-order valence-corrected chi connectivity index (χ0v) is 11.2. The number of benzene rings is 1. The second kappa shape index (κ2) is 4.47. The molecule has 18 heavy (non-hydrogen) atoms. The van der Waals surface area contributed by atoms with Crippen LogP contribution in [0.2, 0.25) is 0 Å². The van der Waals surface area contributed by atoms with Gasteiger partial charge in [-0.1, -0.05) is 0 Å². The fourth-order valence-corrected chi connectivity index (χ4v) is 3.24. The summed E-state index contributed by atoms with van der Waals surface area (Å²) in [5.41, 5.74) is 1.50. The SMILES string of the molecule is COc1cc(OC)cc(C2(C3CC3)CCCN2)c1. The molecule has 1 unspecified atom stereocenters. The van der Waals surface area contributed by atoms with Gasteiger partial charge in [-0.3, -0.25) is 0 Å². The van der Waals surface area contributed by atoms with E-state index in [0.717, 1.165) is 24.0 Å². The topological polar surface area (TPSA) is 30.5 Å². The zero-order valence-electron chi connectivity index (χ0n) is 11.2. The molecule has 98 valence electrons. The number of rotatable bonds is 4. The van der Waals surface area contributed by atoms with Gasteiger partial charge in [0.2, 0.25) is 0 Å². The van der Waals surface area contributed by atoms with Gasteiger partial charge in [0.25, 0.3) is 0 Å². The molecule has 1 saturated carbocycles. The van der Waals surface area contributed by atoms with Crippen LogP contribution in [0.15, 0.2) is 18.2 Å². The molecule has 0 spiro atoms. The average molecular weight is 247 g/mol. The quantitative estimate of drug-likeness (QED) is 0.887. The third kappa shape index (κ3) is 1.87. The monoisotopic (exact) mass is 247 g/mol. The summed E-state index contributed by atoms with van der Waals surface area (Å²) in [6, 6.07) is 6.28. The van der Waals surface area contributed by atoms with Gasteiger partial charge in [0.05, 0.1) is 14.2 Å². The Morgan fingerprint density at radius 1 is 1.11 bits per heavy atom. The molecule has 1 aliphatic heterocycles. The molecule has 1 atom stereocenters. The van der Waals surface area contributed by atoms with Crippen LogP contribution in [0.3, 0.4) is 0 Å². The Hall–Kier alpha value is -1.22. The summed E-state index contributed by atoms with van der Waals surface area (Å²) in [5, 5.41) is 3.74. The van der Waals surface area contributed by atoms with E-state index >= 15 is 0 Å². The van der Waals surface area contributed by atoms with Crippen LogP contribution in [0, 0.1) is 5.92 Å². The van der Waals surface area contributed by atoms with E-state index in [-0.39, 0.29) is 5.54 Å². The van der Waals surface area contributed by atoms with E-state index in [2.05, 4.69) is 17.4 Å². The number of hydrogen-bond donors (Lipinski definition) is 1. The molecule has 1 N–H and O–H groups in total. The average Bonchev–Trinajstić information content (AvgIpc) is 3.16. The fraction of sp³-hybridized carbons (Fsp3) is 0.600. The first-order chi connectivity index (χ1) is 8.78. The minimum absolute atomic E-state index is 0.168. The normalized spacial score (nSPS) is 27.2. The lowest BCUT2D eigenvalue weighted by atomic mass is 9.83. The van der Waals surface area contributed by atoms with Crippen LogP contribution in [-0.2, 0) is 5.54 Å². The maximum Gasteiger partial charge on any atom is 0.122 e. The van der Waals surface area contributed by atoms with Crippen molar-refractivity contribution in [2.45, 2.75) is 31.2 Å². The van der Waals surface area contributed by atoms with E-state index in [0.29, 0.717) is 0 Å². The van der Waals surface area contributed by atoms with Gasteiger partial charge in [-0.2, -0.15) is 0 Å². The highest BCUT2D eigenvalue weighted by Gasteiger charge is 2.48.